The molecule has 0 saturated carbocycles. The first-order chi connectivity index (χ1) is 12.9. The molecular formula is C19H27N5O3. The lowest BCUT2D eigenvalue weighted by molar-refractivity contribution is 0.0947. The number of methoxy groups -OCH3 is 2. The topological polar surface area (TPSA) is 88.6 Å². The second-order valence-electron chi connectivity index (χ2n) is 6.29. The number of nitrogens with one attached hydrogen (secondary N) is 2. The van der Waals surface area contributed by atoms with Gasteiger partial charge >= 0.3 is 0 Å². The van der Waals surface area contributed by atoms with Gasteiger partial charge in [0.15, 0.2) is 0 Å². The fourth-order valence-electron chi connectivity index (χ4n) is 2.48. The number of hydrogen-bond acceptors (Lipinski definition) is 7. The zero-order valence-electron chi connectivity index (χ0n) is 16.5. The molecule has 27 heavy (non-hydrogen) atoms. The van der Waals surface area contributed by atoms with Crippen LogP contribution in [0.1, 0.15) is 22.7 Å². The molecule has 0 radical (unpaired) electrons. The van der Waals surface area contributed by atoms with Crippen LogP contribution in [0.3, 0.4) is 0 Å². The van der Waals surface area contributed by atoms with Crippen LogP contribution in [0.2, 0.25) is 0 Å². The standard InChI is InChI=1S/C19H27N5O3/c1-13-21-16(19(25)20-9-6-10-24(2)3)12-18(22-13)23-15-8-7-14(26-4)11-17(15)27-5/h7-8,11-12H,6,9-10H2,1-5H3,(H,20,25)(H,21,22,23). The Bertz CT molecular complexity index is 780. The van der Waals surface area contributed by atoms with Crippen LogP contribution in [0.15, 0.2) is 24.3 Å². The van der Waals surface area contributed by atoms with Crippen LogP contribution in [0.4, 0.5) is 11.5 Å². The lowest BCUT2D eigenvalue weighted by atomic mass is 10.2. The molecule has 0 aliphatic rings. The normalized spacial score (nSPS) is 10.6. The van der Waals surface area contributed by atoms with Crippen molar-refractivity contribution >= 4 is 17.4 Å². The van der Waals surface area contributed by atoms with Crippen molar-refractivity contribution in [3.8, 4) is 11.5 Å². The maximum absolute atomic E-state index is 12.4. The number of amides is 1. The molecule has 1 aromatic carbocycles. The molecule has 2 N–H and O–H groups in total. The Labute approximate surface area is 159 Å². The van der Waals surface area contributed by atoms with E-state index in [1.54, 1.807) is 33.3 Å². The highest BCUT2D eigenvalue weighted by atomic mass is 16.5. The monoisotopic (exact) mass is 373 g/mol. The van der Waals surface area contributed by atoms with Crippen LogP contribution in [-0.2, 0) is 0 Å². The van der Waals surface area contributed by atoms with Crippen molar-refractivity contribution in [2.45, 2.75) is 13.3 Å². The van der Waals surface area contributed by atoms with Crippen molar-refractivity contribution in [1.29, 1.82) is 0 Å². The quantitative estimate of drug-likeness (QED) is 0.652. The Morgan fingerprint density at radius 2 is 1.93 bits per heavy atom. The molecule has 2 aromatic rings. The van der Waals surface area contributed by atoms with E-state index in [2.05, 4.69) is 25.5 Å². The summed E-state index contributed by atoms with van der Waals surface area (Å²) in [5.41, 5.74) is 1.04. The molecule has 0 fully saturated rings. The van der Waals surface area contributed by atoms with Crippen LogP contribution in [0.5, 0.6) is 11.5 Å². The van der Waals surface area contributed by atoms with Gasteiger partial charge in [0.25, 0.3) is 5.91 Å². The van der Waals surface area contributed by atoms with Gasteiger partial charge in [-0.3, -0.25) is 4.79 Å². The van der Waals surface area contributed by atoms with E-state index in [1.807, 2.05) is 26.2 Å². The molecule has 0 unspecified atom stereocenters. The average Bonchev–Trinajstić information content (AvgIpc) is 2.64. The lowest BCUT2D eigenvalue weighted by Crippen LogP contribution is -2.28. The zero-order valence-corrected chi connectivity index (χ0v) is 16.5. The summed E-state index contributed by atoms with van der Waals surface area (Å²) in [5, 5.41) is 6.06. The van der Waals surface area contributed by atoms with Gasteiger partial charge in [-0.05, 0) is 46.1 Å². The van der Waals surface area contributed by atoms with Crippen LogP contribution in [0.25, 0.3) is 0 Å². The van der Waals surface area contributed by atoms with Crippen molar-refractivity contribution in [3.05, 3.63) is 35.8 Å². The van der Waals surface area contributed by atoms with Crippen molar-refractivity contribution in [3.63, 3.8) is 0 Å². The molecule has 1 amide bonds. The largest absolute Gasteiger partial charge is 0.497 e. The van der Waals surface area contributed by atoms with Crippen molar-refractivity contribution < 1.29 is 14.3 Å². The van der Waals surface area contributed by atoms with Gasteiger partial charge in [-0.25, -0.2) is 9.97 Å². The van der Waals surface area contributed by atoms with Crippen molar-refractivity contribution in [2.75, 3.05) is 46.7 Å². The minimum atomic E-state index is -0.219. The van der Waals surface area contributed by atoms with Gasteiger partial charge < -0.3 is 25.0 Å². The highest BCUT2D eigenvalue weighted by molar-refractivity contribution is 5.93. The first-order valence-electron chi connectivity index (χ1n) is 8.70. The first-order valence-corrected chi connectivity index (χ1v) is 8.70. The average molecular weight is 373 g/mol. The Kier molecular flexibility index (Phi) is 7.36. The predicted molar refractivity (Wildman–Crippen MR) is 105 cm³/mol. The van der Waals surface area contributed by atoms with Crippen LogP contribution >= 0.6 is 0 Å². The molecule has 0 aliphatic heterocycles. The van der Waals surface area contributed by atoms with Gasteiger partial charge in [-0.2, -0.15) is 0 Å². The van der Waals surface area contributed by atoms with E-state index in [1.165, 1.54) is 0 Å². The maximum Gasteiger partial charge on any atom is 0.270 e. The Hall–Kier alpha value is -2.87. The predicted octanol–water partition coefficient (Wildman–Crippen LogP) is 2.23. The summed E-state index contributed by atoms with van der Waals surface area (Å²) in [6, 6.07) is 7.04. The molecule has 8 nitrogen and oxygen atoms in total. The van der Waals surface area contributed by atoms with Gasteiger partial charge in [-0.1, -0.05) is 0 Å². The van der Waals surface area contributed by atoms with Crippen LogP contribution in [0, 0.1) is 6.92 Å². The first kappa shape index (κ1) is 20.4. The molecule has 1 heterocycles. The van der Waals surface area contributed by atoms with E-state index in [0.29, 0.717) is 41.1 Å². The van der Waals surface area contributed by atoms with Gasteiger partial charge in [0.1, 0.15) is 28.8 Å². The maximum atomic E-state index is 12.4. The lowest BCUT2D eigenvalue weighted by Gasteiger charge is -2.13. The van der Waals surface area contributed by atoms with Crippen molar-refractivity contribution in [2.24, 2.45) is 0 Å². The molecule has 0 atom stereocenters. The number of aromatic nitrogens is 2. The summed E-state index contributed by atoms with van der Waals surface area (Å²) in [4.78, 5) is 23.0. The Balaban J connectivity index is 2.12. The van der Waals surface area contributed by atoms with Gasteiger partial charge in [0, 0.05) is 18.7 Å². The summed E-state index contributed by atoms with van der Waals surface area (Å²) >= 11 is 0. The number of rotatable bonds is 9. The van der Waals surface area contributed by atoms with Gasteiger partial charge in [-0.15, -0.1) is 0 Å². The van der Waals surface area contributed by atoms with Gasteiger partial charge in [0.2, 0.25) is 0 Å². The molecule has 0 bridgehead atoms. The molecule has 2 rings (SSSR count). The second kappa shape index (κ2) is 9.72. The summed E-state index contributed by atoms with van der Waals surface area (Å²) in [5.74, 6) is 2.11. The highest BCUT2D eigenvalue weighted by Gasteiger charge is 2.12. The molecule has 0 spiro atoms. The van der Waals surface area contributed by atoms with Gasteiger partial charge in [0.05, 0.1) is 19.9 Å². The van der Waals surface area contributed by atoms with E-state index in [-0.39, 0.29) is 5.91 Å². The Morgan fingerprint density at radius 3 is 2.59 bits per heavy atom. The number of carbonyl (C=O) groups excluding carboxylic acids is 1. The number of hydrogen-bond donors (Lipinski definition) is 2. The van der Waals surface area contributed by atoms with E-state index < -0.39 is 0 Å². The summed E-state index contributed by atoms with van der Waals surface area (Å²) in [6.45, 7) is 3.25. The number of benzene rings is 1. The fraction of sp³-hybridized carbons (Fsp3) is 0.421. The Morgan fingerprint density at radius 1 is 1.15 bits per heavy atom. The van der Waals surface area contributed by atoms with E-state index >= 15 is 0 Å². The number of carbonyl (C=O) groups is 1. The number of anilines is 2. The second-order valence-corrected chi connectivity index (χ2v) is 6.29. The molecule has 146 valence electrons. The molecule has 0 saturated heterocycles. The highest BCUT2D eigenvalue weighted by Crippen LogP contribution is 2.31. The smallest absolute Gasteiger partial charge is 0.270 e. The van der Waals surface area contributed by atoms with Crippen LogP contribution in [-0.4, -0.2) is 62.2 Å². The summed E-state index contributed by atoms with van der Waals surface area (Å²) < 4.78 is 10.6. The molecular weight excluding hydrogens is 346 g/mol. The third kappa shape index (κ3) is 6.10. The van der Waals surface area contributed by atoms with Crippen molar-refractivity contribution in [1.82, 2.24) is 20.2 Å². The minimum Gasteiger partial charge on any atom is -0.497 e. The third-order valence-corrected chi connectivity index (χ3v) is 3.81. The molecule has 1 aromatic heterocycles. The van der Waals surface area contributed by atoms with E-state index in [4.69, 9.17) is 9.47 Å². The number of aryl methyl sites for hydroxylation is 1. The van der Waals surface area contributed by atoms with E-state index in [9.17, 15) is 4.79 Å². The third-order valence-electron chi connectivity index (χ3n) is 3.81. The number of nitrogens with zero attached hydrogens (tertiary/aromatic N) is 3. The minimum absolute atomic E-state index is 0.219. The fourth-order valence-corrected chi connectivity index (χ4v) is 2.48. The summed E-state index contributed by atoms with van der Waals surface area (Å²) in [7, 11) is 7.18. The van der Waals surface area contributed by atoms with Crippen LogP contribution < -0.4 is 20.1 Å². The SMILES string of the molecule is COc1ccc(Nc2cc(C(=O)NCCCN(C)C)nc(C)n2)c(OC)c1. The molecule has 0 aliphatic carbocycles. The number of ether oxygens (including phenoxy) is 2. The van der Waals surface area contributed by atoms with E-state index in [0.717, 1.165) is 13.0 Å². The molecule has 8 heteroatoms. The summed E-state index contributed by atoms with van der Waals surface area (Å²) in [6.07, 6.45) is 0.872. The zero-order chi connectivity index (χ0) is 19.8.